The van der Waals surface area contributed by atoms with Crippen molar-refractivity contribution in [3.05, 3.63) is 0 Å². The lowest BCUT2D eigenvalue weighted by Crippen LogP contribution is -2.45. The zero-order valence-corrected chi connectivity index (χ0v) is 11.8. The van der Waals surface area contributed by atoms with Gasteiger partial charge in [0.2, 0.25) is 5.91 Å². The predicted molar refractivity (Wildman–Crippen MR) is 73.5 cm³/mol. The van der Waals surface area contributed by atoms with E-state index in [1.807, 2.05) is 0 Å². The van der Waals surface area contributed by atoms with E-state index in [1.54, 1.807) is 14.2 Å². The molecule has 2 N–H and O–H groups in total. The van der Waals surface area contributed by atoms with E-state index in [0.29, 0.717) is 6.04 Å². The van der Waals surface area contributed by atoms with Crippen molar-refractivity contribution < 1.29 is 9.53 Å². The summed E-state index contributed by atoms with van der Waals surface area (Å²) >= 11 is 0. The number of carbonyl (C=O) groups excluding carboxylic acids is 1. The normalized spacial score (nSPS) is 23.9. The Morgan fingerprint density at radius 1 is 1.22 bits per heavy atom. The molecular weight excluding hydrogens is 228 g/mol. The molecular formula is C14H28N2O2. The summed E-state index contributed by atoms with van der Waals surface area (Å²) in [6, 6.07) is 0.376. The fourth-order valence-corrected chi connectivity index (χ4v) is 2.71. The molecule has 0 aromatic heterocycles. The second-order valence-electron chi connectivity index (χ2n) is 5.12. The molecule has 0 aliphatic heterocycles. The molecule has 0 heterocycles. The number of amides is 1. The maximum Gasteiger partial charge on any atom is 0.224 e. The van der Waals surface area contributed by atoms with E-state index >= 15 is 0 Å². The lowest BCUT2D eigenvalue weighted by molar-refractivity contribution is -0.126. The molecule has 1 fully saturated rings. The quantitative estimate of drug-likeness (QED) is 0.650. The number of unbranched alkanes of at least 4 members (excludes halogenated alkanes) is 2. The maximum absolute atomic E-state index is 11.8. The van der Waals surface area contributed by atoms with Crippen LogP contribution in [0.15, 0.2) is 0 Å². The molecule has 1 amide bonds. The van der Waals surface area contributed by atoms with Crippen LogP contribution in [0.1, 0.15) is 44.9 Å². The van der Waals surface area contributed by atoms with Crippen molar-refractivity contribution in [2.75, 3.05) is 27.3 Å². The molecule has 0 aromatic carbocycles. The molecule has 1 saturated carbocycles. The Kier molecular flexibility index (Phi) is 8.01. The molecule has 0 saturated heterocycles. The van der Waals surface area contributed by atoms with Crippen molar-refractivity contribution in [1.29, 1.82) is 0 Å². The van der Waals surface area contributed by atoms with E-state index in [9.17, 15) is 4.79 Å². The van der Waals surface area contributed by atoms with Gasteiger partial charge in [0.05, 0.1) is 5.92 Å². The van der Waals surface area contributed by atoms with Crippen LogP contribution >= 0.6 is 0 Å². The molecule has 0 radical (unpaired) electrons. The molecule has 0 unspecified atom stereocenters. The first kappa shape index (κ1) is 15.4. The third-order valence-electron chi connectivity index (χ3n) is 3.78. The third-order valence-corrected chi connectivity index (χ3v) is 3.78. The Hall–Kier alpha value is -0.610. The third kappa shape index (κ3) is 5.36. The minimum absolute atomic E-state index is 0.169. The number of ether oxygens (including phenoxy) is 1. The molecule has 0 spiro atoms. The first-order chi connectivity index (χ1) is 8.79. The Labute approximate surface area is 111 Å². The van der Waals surface area contributed by atoms with Gasteiger partial charge in [0, 0.05) is 26.8 Å². The van der Waals surface area contributed by atoms with Crippen LogP contribution in [-0.2, 0) is 9.53 Å². The van der Waals surface area contributed by atoms with Crippen molar-refractivity contribution in [3.8, 4) is 0 Å². The maximum atomic E-state index is 11.8. The topological polar surface area (TPSA) is 50.4 Å². The van der Waals surface area contributed by atoms with E-state index in [1.165, 1.54) is 25.7 Å². The number of hydrogen-bond acceptors (Lipinski definition) is 3. The van der Waals surface area contributed by atoms with Gasteiger partial charge in [0.25, 0.3) is 0 Å². The first-order valence-corrected chi connectivity index (χ1v) is 7.23. The van der Waals surface area contributed by atoms with Gasteiger partial charge in [-0.15, -0.1) is 0 Å². The highest BCUT2D eigenvalue weighted by molar-refractivity contribution is 5.79. The van der Waals surface area contributed by atoms with Crippen LogP contribution in [0, 0.1) is 5.92 Å². The molecule has 0 bridgehead atoms. The van der Waals surface area contributed by atoms with E-state index < -0.39 is 0 Å². The second kappa shape index (κ2) is 9.34. The van der Waals surface area contributed by atoms with Crippen molar-refractivity contribution in [2.24, 2.45) is 5.92 Å². The van der Waals surface area contributed by atoms with Gasteiger partial charge in [0.15, 0.2) is 0 Å². The molecule has 4 nitrogen and oxygen atoms in total. The van der Waals surface area contributed by atoms with Gasteiger partial charge in [-0.3, -0.25) is 4.79 Å². The minimum Gasteiger partial charge on any atom is -0.385 e. The van der Waals surface area contributed by atoms with E-state index in [4.69, 9.17) is 4.74 Å². The van der Waals surface area contributed by atoms with Gasteiger partial charge in [-0.1, -0.05) is 12.8 Å². The fourth-order valence-electron chi connectivity index (χ4n) is 2.71. The zero-order chi connectivity index (χ0) is 13.2. The van der Waals surface area contributed by atoms with Gasteiger partial charge in [-0.2, -0.15) is 0 Å². The molecule has 106 valence electrons. The lowest BCUT2D eigenvalue weighted by Gasteiger charge is -2.31. The van der Waals surface area contributed by atoms with Gasteiger partial charge >= 0.3 is 0 Å². The minimum atomic E-state index is 0.169. The van der Waals surface area contributed by atoms with Crippen molar-refractivity contribution in [2.45, 2.75) is 51.0 Å². The molecule has 1 rings (SSSR count). The van der Waals surface area contributed by atoms with Crippen LogP contribution in [0.3, 0.4) is 0 Å². The number of hydrogen-bond donors (Lipinski definition) is 2. The summed E-state index contributed by atoms with van der Waals surface area (Å²) in [5.74, 6) is 0.370. The highest BCUT2D eigenvalue weighted by atomic mass is 16.5. The molecule has 4 heteroatoms. The van der Waals surface area contributed by atoms with E-state index in [-0.39, 0.29) is 11.8 Å². The zero-order valence-electron chi connectivity index (χ0n) is 11.8. The predicted octanol–water partition coefficient (Wildman–Crippen LogP) is 1.70. The fraction of sp³-hybridized carbons (Fsp3) is 0.929. The van der Waals surface area contributed by atoms with E-state index in [0.717, 1.165) is 32.4 Å². The largest absolute Gasteiger partial charge is 0.385 e. The summed E-state index contributed by atoms with van der Waals surface area (Å²) in [5.41, 5.74) is 0. The van der Waals surface area contributed by atoms with Crippen LogP contribution in [0.4, 0.5) is 0 Å². The summed E-state index contributed by atoms with van der Waals surface area (Å²) in [7, 11) is 3.48. The Bertz CT molecular complexity index is 234. The van der Waals surface area contributed by atoms with Gasteiger partial charge in [-0.25, -0.2) is 0 Å². The van der Waals surface area contributed by atoms with Crippen LogP contribution in [0.25, 0.3) is 0 Å². The number of methoxy groups -OCH3 is 1. The first-order valence-electron chi connectivity index (χ1n) is 7.23. The number of nitrogens with one attached hydrogen (secondary N) is 2. The van der Waals surface area contributed by atoms with Gasteiger partial charge in [-0.05, 0) is 38.6 Å². The van der Waals surface area contributed by atoms with Crippen LogP contribution in [0.5, 0.6) is 0 Å². The van der Waals surface area contributed by atoms with Crippen LogP contribution < -0.4 is 10.6 Å². The second-order valence-corrected chi connectivity index (χ2v) is 5.12. The number of carbonyl (C=O) groups is 1. The summed E-state index contributed by atoms with van der Waals surface area (Å²) in [6.07, 6.45) is 8.08. The standard InChI is InChI=1S/C14H28N2O2/c1-15-14(17)12-8-4-5-9-13(12)16-10-6-3-7-11-18-2/h12-13,16H,3-11H2,1-2H3,(H,15,17)/t12-,13+/m1/s1. The Morgan fingerprint density at radius 2 is 2.00 bits per heavy atom. The molecule has 1 aliphatic carbocycles. The van der Waals surface area contributed by atoms with Crippen molar-refractivity contribution in [1.82, 2.24) is 10.6 Å². The summed E-state index contributed by atoms with van der Waals surface area (Å²) in [6.45, 7) is 1.87. The Morgan fingerprint density at radius 3 is 2.72 bits per heavy atom. The van der Waals surface area contributed by atoms with Crippen molar-refractivity contribution in [3.63, 3.8) is 0 Å². The highest BCUT2D eigenvalue weighted by Gasteiger charge is 2.29. The molecule has 0 aromatic rings. The smallest absolute Gasteiger partial charge is 0.224 e. The summed E-state index contributed by atoms with van der Waals surface area (Å²) < 4.78 is 5.03. The van der Waals surface area contributed by atoms with Crippen LogP contribution in [-0.4, -0.2) is 39.3 Å². The highest BCUT2D eigenvalue weighted by Crippen LogP contribution is 2.24. The summed E-state index contributed by atoms with van der Waals surface area (Å²) in [4.78, 5) is 11.8. The average Bonchev–Trinajstić information content (AvgIpc) is 2.42. The van der Waals surface area contributed by atoms with Crippen LogP contribution in [0.2, 0.25) is 0 Å². The van der Waals surface area contributed by atoms with Crippen molar-refractivity contribution >= 4 is 5.91 Å². The molecule has 18 heavy (non-hydrogen) atoms. The molecule has 1 aliphatic rings. The summed E-state index contributed by atoms with van der Waals surface area (Å²) in [5, 5.41) is 6.35. The lowest BCUT2D eigenvalue weighted by atomic mass is 9.84. The average molecular weight is 256 g/mol. The monoisotopic (exact) mass is 256 g/mol. The van der Waals surface area contributed by atoms with Gasteiger partial charge < -0.3 is 15.4 Å². The Balaban J connectivity index is 2.19. The number of rotatable bonds is 8. The SMILES string of the molecule is CNC(=O)[C@@H]1CCCC[C@@H]1NCCCCCOC. The van der Waals surface area contributed by atoms with E-state index in [2.05, 4.69) is 10.6 Å². The van der Waals surface area contributed by atoms with Gasteiger partial charge in [0.1, 0.15) is 0 Å². The molecule has 2 atom stereocenters.